The van der Waals surface area contributed by atoms with Crippen molar-refractivity contribution in [1.29, 1.82) is 5.26 Å². The number of fused-ring (bicyclic) bond motifs is 3. The highest BCUT2D eigenvalue weighted by molar-refractivity contribution is 6.31. The van der Waals surface area contributed by atoms with E-state index in [1.807, 2.05) is 53.8 Å². The van der Waals surface area contributed by atoms with Gasteiger partial charge in [-0.05, 0) is 62.9 Å². The third-order valence-corrected chi connectivity index (χ3v) is 8.83. The molecule has 3 aromatic rings. The number of hydrogen-bond donors (Lipinski definition) is 1. The van der Waals surface area contributed by atoms with E-state index < -0.39 is 5.60 Å². The Morgan fingerprint density at radius 1 is 1.18 bits per heavy atom. The number of halogens is 1. The van der Waals surface area contributed by atoms with Gasteiger partial charge in [-0.1, -0.05) is 35.9 Å². The second-order valence-corrected chi connectivity index (χ2v) is 11.6. The van der Waals surface area contributed by atoms with Crippen LogP contribution in [0.5, 0.6) is 0 Å². The van der Waals surface area contributed by atoms with Crippen molar-refractivity contribution in [1.82, 2.24) is 19.6 Å². The molecule has 0 saturated heterocycles. The summed E-state index contributed by atoms with van der Waals surface area (Å²) >= 11 is 6.08. The number of nitriles is 1. The molecule has 1 N–H and O–H groups in total. The molecule has 1 aromatic heterocycles. The largest absolute Gasteiger partial charge is 0.385 e. The lowest BCUT2D eigenvalue weighted by Gasteiger charge is -2.37. The van der Waals surface area contributed by atoms with Gasteiger partial charge in [-0.2, -0.15) is 10.4 Å². The van der Waals surface area contributed by atoms with Gasteiger partial charge in [0.15, 0.2) is 0 Å². The van der Waals surface area contributed by atoms with E-state index in [-0.39, 0.29) is 42.0 Å². The first-order chi connectivity index (χ1) is 18.6. The van der Waals surface area contributed by atoms with Crippen molar-refractivity contribution in [3.05, 3.63) is 86.7 Å². The van der Waals surface area contributed by atoms with Gasteiger partial charge in [-0.25, -0.2) is 0 Å². The van der Waals surface area contributed by atoms with Crippen LogP contribution >= 0.6 is 11.6 Å². The van der Waals surface area contributed by atoms with E-state index in [2.05, 4.69) is 6.92 Å². The maximum atomic E-state index is 14.0. The quantitative estimate of drug-likeness (QED) is 0.511. The second kappa shape index (κ2) is 9.22. The fourth-order valence-corrected chi connectivity index (χ4v) is 6.02. The van der Waals surface area contributed by atoms with Crippen LogP contribution in [-0.4, -0.2) is 49.1 Å². The van der Waals surface area contributed by atoms with Gasteiger partial charge in [0, 0.05) is 30.1 Å². The fraction of sp³-hybridized carbons (Fsp3) is 0.400. The van der Waals surface area contributed by atoms with Crippen LogP contribution in [-0.2, 0) is 18.6 Å². The van der Waals surface area contributed by atoms with Crippen molar-refractivity contribution in [2.24, 2.45) is 0 Å². The van der Waals surface area contributed by atoms with Crippen LogP contribution in [0.3, 0.4) is 0 Å². The molecule has 8 nitrogen and oxygen atoms in total. The van der Waals surface area contributed by atoms with Crippen LogP contribution in [0.2, 0.25) is 5.02 Å². The zero-order chi connectivity index (χ0) is 27.6. The predicted molar refractivity (Wildman–Crippen MR) is 145 cm³/mol. The summed E-state index contributed by atoms with van der Waals surface area (Å²) in [6.45, 7) is 6.85. The zero-order valence-corrected chi connectivity index (χ0v) is 22.9. The fourth-order valence-electron chi connectivity index (χ4n) is 5.86. The molecule has 0 radical (unpaired) electrons. The summed E-state index contributed by atoms with van der Waals surface area (Å²) < 4.78 is 1.83. The topological polar surface area (TPSA) is 102 Å². The minimum absolute atomic E-state index is 0.0221. The molecule has 1 aliphatic carbocycles. The Balaban J connectivity index is 1.29. The molecular formula is C30H30ClN5O3. The molecule has 3 heterocycles. The summed E-state index contributed by atoms with van der Waals surface area (Å²) in [6, 6.07) is 14.4. The average Bonchev–Trinajstić information content (AvgIpc) is 3.57. The number of rotatable bonds is 4. The maximum absolute atomic E-state index is 14.0. The lowest BCUT2D eigenvalue weighted by atomic mass is 9.96. The normalized spacial score (nSPS) is 22.1. The molecule has 2 amide bonds. The first-order valence-electron chi connectivity index (χ1n) is 13.4. The molecule has 39 heavy (non-hydrogen) atoms. The standard InChI is InChI=1S/C30H30ClN5O3/c1-17-12-26-24(16-34(17)28(37)21-6-9-25(31)22(13-21)14-32)27-29(38)35(15-18(2)36(27)33-26)19(3)20-4-7-23(8-5-20)30(39)10-11-30/h4-9,13,17-19,39H,10-12,15-16H2,1-3H3/t17-,18-,19?/m1/s1. The molecule has 200 valence electrons. The van der Waals surface area contributed by atoms with E-state index >= 15 is 0 Å². The van der Waals surface area contributed by atoms with Gasteiger partial charge >= 0.3 is 0 Å². The van der Waals surface area contributed by atoms with E-state index in [9.17, 15) is 20.0 Å². The molecule has 1 unspecified atom stereocenters. The van der Waals surface area contributed by atoms with Crippen LogP contribution in [0.25, 0.3) is 0 Å². The number of hydrogen-bond acceptors (Lipinski definition) is 5. The molecule has 1 saturated carbocycles. The number of carbonyl (C=O) groups excluding carboxylic acids is 2. The Morgan fingerprint density at radius 2 is 1.90 bits per heavy atom. The molecule has 2 aromatic carbocycles. The lowest BCUT2D eigenvalue weighted by Crippen LogP contribution is -2.45. The van der Waals surface area contributed by atoms with Crippen molar-refractivity contribution >= 4 is 23.4 Å². The number of aliphatic hydroxyl groups is 1. The van der Waals surface area contributed by atoms with Crippen molar-refractivity contribution < 1.29 is 14.7 Å². The third kappa shape index (κ3) is 4.21. The number of nitrogens with zero attached hydrogens (tertiary/aromatic N) is 5. The summed E-state index contributed by atoms with van der Waals surface area (Å²) in [7, 11) is 0. The van der Waals surface area contributed by atoms with Gasteiger partial charge in [0.2, 0.25) is 0 Å². The predicted octanol–water partition coefficient (Wildman–Crippen LogP) is 4.75. The SMILES string of the molecule is CC(c1ccc(C2(O)CC2)cc1)N1C[C@@H](C)n2nc3c(c2C1=O)CN(C(=O)c1ccc(Cl)c(C#N)c1)[C@H](C)C3. The minimum atomic E-state index is -0.689. The Labute approximate surface area is 232 Å². The van der Waals surface area contributed by atoms with Crippen molar-refractivity contribution in [3.8, 4) is 6.07 Å². The van der Waals surface area contributed by atoms with Gasteiger partial charge in [-0.15, -0.1) is 0 Å². The molecule has 1 fully saturated rings. The monoisotopic (exact) mass is 543 g/mol. The third-order valence-electron chi connectivity index (χ3n) is 8.50. The zero-order valence-electron chi connectivity index (χ0n) is 22.2. The van der Waals surface area contributed by atoms with Crippen LogP contribution in [0.15, 0.2) is 42.5 Å². The Hall–Kier alpha value is -3.67. The maximum Gasteiger partial charge on any atom is 0.273 e. The van der Waals surface area contributed by atoms with Crippen LogP contribution in [0.1, 0.15) is 94.5 Å². The van der Waals surface area contributed by atoms with Crippen LogP contribution in [0, 0.1) is 11.3 Å². The summed E-state index contributed by atoms with van der Waals surface area (Å²) in [5.74, 6) is -0.306. The highest BCUT2D eigenvalue weighted by atomic mass is 35.5. The molecule has 2 aliphatic heterocycles. The van der Waals surface area contributed by atoms with Gasteiger partial charge in [-0.3, -0.25) is 14.3 Å². The van der Waals surface area contributed by atoms with E-state index in [1.165, 1.54) is 6.07 Å². The van der Waals surface area contributed by atoms with E-state index in [0.717, 1.165) is 35.2 Å². The summed E-state index contributed by atoms with van der Waals surface area (Å²) in [5.41, 5.74) is 4.06. The van der Waals surface area contributed by atoms with Crippen LogP contribution < -0.4 is 0 Å². The summed E-state index contributed by atoms with van der Waals surface area (Å²) in [5, 5.41) is 24.9. The molecule has 0 bridgehead atoms. The first-order valence-corrected chi connectivity index (χ1v) is 13.7. The number of benzene rings is 2. The van der Waals surface area contributed by atoms with E-state index in [1.54, 1.807) is 17.0 Å². The molecule has 3 atom stereocenters. The first kappa shape index (κ1) is 25.6. The van der Waals surface area contributed by atoms with Gasteiger partial charge in [0.1, 0.15) is 11.8 Å². The smallest absolute Gasteiger partial charge is 0.273 e. The Morgan fingerprint density at radius 3 is 2.56 bits per heavy atom. The van der Waals surface area contributed by atoms with E-state index in [0.29, 0.717) is 29.2 Å². The molecule has 3 aliphatic rings. The highest BCUT2D eigenvalue weighted by Gasteiger charge is 2.43. The summed E-state index contributed by atoms with van der Waals surface area (Å²) in [4.78, 5) is 31.1. The average molecular weight is 544 g/mol. The second-order valence-electron chi connectivity index (χ2n) is 11.1. The molecule has 6 rings (SSSR count). The highest BCUT2D eigenvalue weighted by Crippen LogP contribution is 2.45. The Bertz CT molecular complexity index is 1540. The van der Waals surface area contributed by atoms with Gasteiger partial charge < -0.3 is 14.9 Å². The van der Waals surface area contributed by atoms with Gasteiger partial charge in [0.05, 0.1) is 40.5 Å². The van der Waals surface area contributed by atoms with Crippen LogP contribution in [0.4, 0.5) is 0 Å². The number of aromatic nitrogens is 2. The number of carbonyl (C=O) groups is 2. The Kier molecular flexibility index (Phi) is 6.05. The molecule has 9 heteroatoms. The lowest BCUT2D eigenvalue weighted by molar-refractivity contribution is 0.0574. The summed E-state index contributed by atoms with van der Waals surface area (Å²) in [6.07, 6.45) is 2.11. The molecular weight excluding hydrogens is 514 g/mol. The van der Waals surface area contributed by atoms with Crippen molar-refractivity contribution in [2.45, 2.75) is 70.3 Å². The van der Waals surface area contributed by atoms with Crippen molar-refractivity contribution in [2.75, 3.05) is 6.54 Å². The number of amides is 2. The van der Waals surface area contributed by atoms with E-state index in [4.69, 9.17) is 16.7 Å². The minimum Gasteiger partial charge on any atom is -0.385 e. The molecule has 0 spiro atoms. The van der Waals surface area contributed by atoms with Crippen molar-refractivity contribution in [3.63, 3.8) is 0 Å². The van der Waals surface area contributed by atoms with Gasteiger partial charge in [0.25, 0.3) is 11.8 Å².